The van der Waals surface area contributed by atoms with Crippen molar-refractivity contribution in [2.75, 3.05) is 0 Å². The number of aromatic nitrogens is 1. The van der Waals surface area contributed by atoms with Crippen LogP contribution in [0.4, 0.5) is 0 Å². The first-order chi connectivity index (χ1) is 8.58. The summed E-state index contributed by atoms with van der Waals surface area (Å²) in [5, 5.41) is 12.5. The molecule has 2 aromatic rings. The van der Waals surface area contributed by atoms with Gasteiger partial charge in [0.2, 0.25) is 0 Å². The number of hydrogen-bond donors (Lipinski definition) is 1. The monoisotopic (exact) mass is 345 g/mol. The minimum absolute atomic E-state index is 0. The lowest BCUT2D eigenvalue weighted by Gasteiger charge is -2.13. The molecule has 0 saturated heterocycles. The van der Waals surface area contributed by atoms with Crippen molar-refractivity contribution < 1.29 is 19.2 Å². The van der Waals surface area contributed by atoms with Gasteiger partial charge in [-0.15, -0.1) is 0 Å². The first kappa shape index (κ1) is 15.6. The van der Waals surface area contributed by atoms with Gasteiger partial charge in [-0.3, -0.25) is 0 Å². The van der Waals surface area contributed by atoms with Crippen molar-refractivity contribution in [1.29, 1.82) is 0 Å². The second-order valence-corrected chi connectivity index (χ2v) is 4.53. The molecular weight excluding hydrogens is 334 g/mol. The van der Waals surface area contributed by atoms with Crippen molar-refractivity contribution in [1.82, 2.24) is 5.16 Å². The van der Waals surface area contributed by atoms with Gasteiger partial charge < -0.3 is 14.4 Å². The van der Waals surface area contributed by atoms with E-state index in [2.05, 4.69) is 21.1 Å². The molecule has 1 atom stereocenters. The van der Waals surface area contributed by atoms with Gasteiger partial charge in [-0.2, -0.15) is 13.5 Å². The van der Waals surface area contributed by atoms with E-state index < -0.39 is 12.1 Å². The molecule has 0 spiro atoms. The standard InChI is InChI=1S/C12H10BrNO4.H2S/c1-7(12(15)16)17-10-3-2-8(13)6-9(10)11-4-5-14-18-11;/h2-7H,1H3,(H,15,16);1H2/t7-;/m0./s1. The zero-order chi connectivity index (χ0) is 13.1. The minimum atomic E-state index is -1.03. The topological polar surface area (TPSA) is 72.6 Å². The fourth-order valence-corrected chi connectivity index (χ4v) is 1.75. The van der Waals surface area contributed by atoms with Crippen LogP contribution in [-0.2, 0) is 4.79 Å². The Labute approximate surface area is 125 Å². The molecule has 102 valence electrons. The van der Waals surface area contributed by atoms with Gasteiger partial charge in [0.1, 0.15) is 5.75 Å². The lowest BCUT2D eigenvalue weighted by Crippen LogP contribution is -2.23. The summed E-state index contributed by atoms with van der Waals surface area (Å²) in [6, 6.07) is 6.91. The Kier molecular flexibility index (Phi) is 5.44. The number of halogens is 1. The van der Waals surface area contributed by atoms with Crippen LogP contribution in [0.5, 0.6) is 5.75 Å². The van der Waals surface area contributed by atoms with Crippen LogP contribution in [0.2, 0.25) is 0 Å². The van der Waals surface area contributed by atoms with Crippen LogP contribution in [-0.4, -0.2) is 22.3 Å². The van der Waals surface area contributed by atoms with E-state index in [1.165, 1.54) is 13.1 Å². The molecule has 0 radical (unpaired) electrons. The van der Waals surface area contributed by atoms with E-state index in [-0.39, 0.29) is 13.5 Å². The Morgan fingerprint density at radius 1 is 1.47 bits per heavy atom. The van der Waals surface area contributed by atoms with Gasteiger partial charge in [0, 0.05) is 10.5 Å². The molecule has 19 heavy (non-hydrogen) atoms. The molecule has 0 aliphatic rings. The number of ether oxygens (including phenoxy) is 1. The van der Waals surface area contributed by atoms with Gasteiger partial charge in [-0.25, -0.2) is 4.79 Å². The van der Waals surface area contributed by atoms with Crippen LogP contribution in [0.3, 0.4) is 0 Å². The number of benzene rings is 1. The summed E-state index contributed by atoms with van der Waals surface area (Å²) in [6.07, 6.45) is 0.577. The maximum absolute atomic E-state index is 10.8. The SMILES string of the molecule is C[C@H](Oc1ccc(Br)cc1-c1ccno1)C(=O)O.S. The quantitative estimate of drug-likeness (QED) is 0.921. The van der Waals surface area contributed by atoms with Gasteiger partial charge in [0.05, 0.1) is 11.8 Å². The lowest BCUT2D eigenvalue weighted by atomic mass is 10.1. The van der Waals surface area contributed by atoms with Crippen molar-refractivity contribution in [2.45, 2.75) is 13.0 Å². The largest absolute Gasteiger partial charge is 0.479 e. The minimum Gasteiger partial charge on any atom is -0.479 e. The smallest absolute Gasteiger partial charge is 0.344 e. The van der Waals surface area contributed by atoms with E-state index in [1.807, 2.05) is 0 Å². The number of aliphatic carboxylic acids is 1. The molecule has 0 saturated carbocycles. The van der Waals surface area contributed by atoms with Crippen LogP contribution in [0.25, 0.3) is 11.3 Å². The molecule has 0 bridgehead atoms. The molecule has 1 aromatic heterocycles. The highest BCUT2D eigenvalue weighted by atomic mass is 79.9. The van der Waals surface area contributed by atoms with Crippen molar-refractivity contribution in [3.8, 4) is 17.1 Å². The Balaban J connectivity index is 0.00000180. The average Bonchev–Trinajstić information content (AvgIpc) is 2.84. The van der Waals surface area contributed by atoms with Gasteiger partial charge >= 0.3 is 5.97 Å². The highest BCUT2D eigenvalue weighted by Crippen LogP contribution is 2.33. The summed E-state index contributed by atoms with van der Waals surface area (Å²) in [7, 11) is 0. The first-order valence-corrected chi connectivity index (χ1v) is 5.97. The van der Waals surface area contributed by atoms with E-state index in [9.17, 15) is 4.79 Å². The molecule has 1 N–H and O–H groups in total. The van der Waals surface area contributed by atoms with Gasteiger partial charge in [0.15, 0.2) is 11.9 Å². The first-order valence-electron chi connectivity index (χ1n) is 5.18. The van der Waals surface area contributed by atoms with Crippen molar-refractivity contribution >= 4 is 35.4 Å². The van der Waals surface area contributed by atoms with Crippen molar-refractivity contribution in [3.63, 3.8) is 0 Å². The van der Waals surface area contributed by atoms with Crippen molar-refractivity contribution in [3.05, 3.63) is 34.9 Å². The highest BCUT2D eigenvalue weighted by Gasteiger charge is 2.17. The molecule has 0 amide bonds. The zero-order valence-electron chi connectivity index (χ0n) is 9.96. The van der Waals surface area contributed by atoms with Crippen molar-refractivity contribution in [2.24, 2.45) is 0 Å². The van der Waals surface area contributed by atoms with E-state index in [0.717, 1.165) is 4.47 Å². The van der Waals surface area contributed by atoms with Crippen LogP contribution in [0.15, 0.2) is 39.5 Å². The Hall–Kier alpha value is -1.47. The summed E-state index contributed by atoms with van der Waals surface area (Å²) in [5.74, 6) is -0.0739. The Morgan fingerprint density at radius 3 is 2.79 bits per heavy atom. The molecule has 5 nitrogen and oxygen atoms in total. The predicted molar refractivity (Wildman–Crippen MR) is 77.7 cm³/mol. The zero-order valence-corrected chi connectivity index (χ0v) is 12.5. The Bertz CT molecular complexity index is 559. The van der Waals surface area contributed by atoms with Gasteiger partial charge in [-0.1, -0.05) is 21.1 Å². The maximum Gasteiger partial charge on any atom is 0.344 e. The number of carbonyl (C=O) groups is 1. The maximum atomic E-state index is 10.8. The molecule has 0 unspecified atom stereocenters. The fourth-order valence-electron chi connectivity index (χ4n) is 1.39. The van der Waals surface area contributed by atoms with Crippen LogP contribution < -0.4 is 4.74 Å². The average molecular weight is 346 g/mol. The van der Waals surface area contributed by atoms with Crippen LogP contribution >= 0.6 is 29.4 Å². The highest BCUT2D eigenvalue weighted by molar-refractivity contribution is 9.10. The number of carboxylic acid groups (broad SMARTS) is 1. The summed E-state index contributed by atoms with van der Waals surface area (Å²) in [5.41, 5.74) is 0.648. The fraction of sp³-hybridized carbons (Fsp3) is 0.167. The Morgan fingerprint density at radius 2 is 2.21 bits per heavy atom. The third-order valence-corrected chi connectivity index (χ3v) is 2.79. The van der Waals surface area contributed by atoms with Crippen LogP contribution in [0, 0.1) is 0 Å². The number of hydrogen-bond acceptors (Lipinski definition) is 4. The number of rotatable bonds is 4. The summed E-state index contributed by atoms with van der Waals surface area (Å²) in [4.78, 5) is 10.8. The normalized spacial score (nSPS) is 11.5. The van der Waals surface area contributed by atoms with E-state index >= 15 is 0 Å². The third-order valence-electron chi connectivity index (χ3n) is 2.30. The summed E-state index contributed by atoms with van der Waals surface area (Å²) in [6.45, 7) is 1.47. The van der Waals surface area contributed by atoms with Gasteiger partial charge in [-0.05, 0) is 25.1 Å². The van der Waals surface area contributed by atoms with Crippen LogP contribution in [0.1, 0.15) is 6.92 Å². The molecular formula is C12H12BrNO4S. The summed E-state index contributed by atoms with van der Waals surface area (Å²) >= 11 is 3.34. The molecule has 0 fully saturated rings. The second kappa shape index (κ2) is 6.63. The number of carboxylic acids is 1. The molecule has 1 aromatic carbocycles. The summed E-state index contributed by atoms with van der Waals surface area (Å²) < 4.78 is 11.3. The molecule has 7 heteroatoms. The molecule has 0 aliphatic heterocycles. The van der Waals surface area contributed by atoms with E-state index in [0.29, 0.717) is 17.1 Å². The third kappa shape index (κ3) is 3.74. The van der Waals surface area contributed by atoms with E-state index in [4.69, 9.17) is 14.4 Å². The number of nitrogens with zero attached hydrogens (tertiary/aromatic N) is 1. The predicted octanol–water partition coefficient (Wildman–Crippen LogP) is 3.07. The second-order valence-electron chi connectivity index (χ2n) is 3.62. The molecule has 0 aliphatic carbocycles. The lowest BCUT2D eigenvalue weighted by molar-refractivity contribution is -0.144. The molecule has 1 heterocycles. The molecule has 2 rings (SSSR count). The van der Waals surface area contributed by atoms with Gasteiger partial charge in [0.25, 0.3) is 0 Å². The van der Waals surface area contributed by atoms with E-state index in [1.54, 1.807) is 24.3 Å².